The fourth-order valence-corrected chi connectivity index (χ4v) is 4.99. The van der Waals surface area contributed by atoms with Gasteiger partial charge in [0.2, 0.25) is 5.16 Å². The Morgan fingerprint density at radius 2 is 1.93 bits per heavy atom. The van der Waals surface area contributed by atoms with E-state index >= 15 is 0 Å². The summed E-state index contributed by atoms with van der Waals surface area (Å²) in [4.78, 5) is 28.4. The number of rotatable bonds is 11. The van der Waals surface area contributed by atoms with Gasteiger partial charge in [-0.1, -0.05) is 65.3 Å². The minimum Gasteiger partial charge on any atom is -0.321 e. The molecule has 4 rings (SSSR count). The third kappa shape index (κ3) is 8.22. The van der Waals surface area contributed by atoms with Gasteiger partial charge in [-0.3, -0.25) is 9.59 Å². The van der Waals surface area contributed by atoms with E-state index in [1.807, 2.05) is 63.5 Å². The summed E-state index contributed by atoms with van der Waals surface area (Å²) < 4.78 is 0. The van der Waals surface area contributed by atoms with Crippen LogP contribution in [0.25, 0.3) is 0 Å². The maximum absolute atomic E-state index is 13.3. The van der Waals surface area contributed by atoms with Crippen LogP contribution in [0, 0.1) is 6.92 Å². The predicted molar refractivity (Wildman–Crippen MR) is 158 cm³/mol. The Labute approximate surface area is 241 Å². The van der Waals surface area contributed by atoms with Gasteiger partial charge in [0.1, 0.15) is 0 Å². The van der Waals surface area contributed by atoms with Gasteiger partial charge in [-0.05, 0) is 85.9 Å². The number of thioether (sulfide) groups is 1. The molecule has 1 atom stereocenters. The molecule has 0 aliphatic carbocycles. The van der Waals surface area contributed by atoms with Gasteiger partial charge in [0.05, 0.1) is 17.5 Å². The molecule has 1 unspecified atom stereocenters. The molecule has 4 aromatic rings. The minimum atomic E-state index is -0.503. The number of hydrogen-bond donors (Lipinski definition) is 3. The number of hydrogen-bond acceptors (Lipinski definition) is 8. The molecule has 0 saturated carbocycles. The number of nitrogens with zero attached hydrogens (tertiary/aromatic N) is 5. The number of aryl methyl sites for hydroxylation is 1. The van der Waals surface area contributed by atoms with Gasteiger partial charge in [0, 0.05) is 15.8 Å². The molecule has 1 heterocycles. The average Bonchev–Trinajstić information content (AvgIpc) is 3.45. The topological polar surface area (TPSA) is 128 Å². The smallest absolute Gasteiger partial charge is 0.273 e. The zero-order valence-corrected chi connectivity index (χ0v) is 23.8. The van der Waals surface area contributed by atoms with Crippen LogP contribution in [-0.2, 0) is 0 Å². The SMILES string of the molecule is Cc1cccc(C=NNC(=O)c2cc(Cl)ccc2NC(=O)c2cccc(C(CCN(C)C)Sc3nnn[nH]3)c2)c1. The highest BCUT2D eigenvalue weighted by molar-refractivity contribution is 7.99. The first kappa shape index (κ1) is 28.9. The summed E-state index contributed by atoms with van der Waals surface area (Å²) in [6.07, 6.45) is 2.37. The van der Waals surface area contributed by atoms with Crippen molar-refractivity contribution in [3.63, 3.8) is 0 Å². The predicted octanol–water partition coefficient (Wildman–Crippen LogP) is 4.96. The van der Waals surface area contributed by atoms with E-state index in [0.717, 1.165) is 29.7 Å². The number of aromatic nitrogens is 4. The number of hydrazone groups is 1. The summed E-state index contributed by atoms with van der Waals surface area (Å²) >= 11 is 7.67. The first-order chi connectivity index (χ1) is 19.3. The average molecular weight is 577 g/mol. The van der Waals surface area contributed by atoms with Crippen LogP contribution in [0.5, 0.6) is 0 Å². The van der Waals surface area contributed by atoms with E-state index in [0.29, 0.717) is 21.4 Å². The zero-order chi connectivity index (χ0) is 28.5. The van der Waals surface area contributed by atoms with Gasteiger partial charge in [-0.25, -0.2) is 10.5 Å². The summed E-state index contributed by atoms with van der Waals surface area (Å²) in [5.41, 5.74) is 6.34. The Kier molecular flexibility index (Phi) is 10.0. The molecule has 40 heavy (non-hydrogen) atoms. The normalized spacial score (nSPS) is 12.0. The molecular weight excluding hydrogens is 548 g/mol. The highest BCUT2D eigenvalue weighted by Crippen LogP contribution is 2.36. The highest BCUT2D eigenvalue weighted by Gasteiger charge is 2.19. The van der Waals surface area contributed by atoms with Crippen LogP contribution >= 0.6 is 23.4 Å². The van der Waals surface area contributed by atoms with Crippen molar-refractivity contribution in [3.8, 4) is 0 Å². The largest absolute Gasteiger partial charge is 0.321 e. The standard InChI is InChI=1S/C28H29ClN8O2S/c1-18-6-4-7-19(14-18)17-30-32-27(39)23-16-22(29)10-11-24(23)31-26(38)21-9-5-8-20(15-21)25(12-13-37(2)3)40-28-33-35-36-34-28/h4-11,14-17,25H,12-13H2,1-3H3,(H,31,38)(H,32,39)(H,33,34,35,36). The molecule has 1 aromatic heterocycles. The first-order valence-corrected chi connectivity index (χ1v) is 13.7. The van der Waals surface area contributed by atoms with E-state index in [9.17, 15) is 9.59 Å². The summed E-state index contributed by atoms with van der Waals surface area (Å²) in [6.45, 7) is 2.81. The number of carbonyl (C=O) groups excluding carboxylic acids is 2. The van der Waals surface area contributed by atoms with Gasteiger partial charge < -0.3 is 10.2 Å². The number of aromatic amines is 1. The molecular formula is C28H29ClN8O2S. The second kappa shape index (κ2) is 13.8. The minimum absolute atomic E-state index is 0.00744. The zero-order valence-electron chi connectivity index (χ0n) is 22.3. The molecule has 3 aromatic carbocycles. The number of H-pyrrole nitrogens is 1. The molecule has 2 amide bonds. The van der Waals surface area contributed by atoms with Crippen molar-refractivity contribution >= 4 is 47.1 Å². The van der Waals surface area contributed by atoms with Crippen molar-refractivity contribution in [1.29, 1.82) is 0 Å². The molecule has 0 radical (unpaired) electrons. The van der Waals surface area contributed by atoms with Crippen molar-refractivity contribution in [2.24, 2.45) is 5.10 Å². The lowest BCUT2D eigenvalue weighted by molar-refractivity contribution is 0.0956. The highest BCUT2D eigenvalue weighted by atomic mass is 35.5. The van der Waals surface area contributed by atoms with E-state index < -0.39 is 5.91 Å². The summed E-state index contributed by atoms with van der Waals surface area (Å²) in [6, 6.07) is 19.8. The molecule has 0 bridgehead atoms. The van der Waals surface area contributed by atoms with E-state index in [4.69, 9.17) is 11.6 Å². The van der Waals surface area contributed by atoms with Gasteiger partial charge in [0.25, 0.3) is 11.8 Å². The van der Waals surface area contributed by atoms with E-state index in [1.165, 1.54) is 17.8 Å². The third-order valence-electron chi connectivity index (χ3n) is 5.84. The Hall–Kier alpha value is -4.06. The van der Waals surface area contributed by atoms with Crippen LogP contribution in [0.3, 0.4) is 0 Å². The van der Waals surface area contributed by atoms with Gasteiger partial charge in [-0.2, -0.15) is 5.10 Å². The summed E-state index contributed by atoms with van der Waals surface area (Å²) in [5, 5.41) is 22.0. The fourth-order valence-electron chi connectivity index (χ4n) is 3.87. The number of carbonyl (C=O) groups is 2. The first-order valence-electron chi connectivity index (χ1n) is 12.4. The molecule has 0 aliphatic heterocycles. The molecule has 0 aliphatic rings. The quantitative estimate of drug-likeness (QED) is 0.131. The summed E-state index contributed by atoms with van der Waals surface area (Å²) in [7, 11) is 4.02. The maximum atomic E-state index is 13.3. The molecule has 0 fully saturated rings. The number of benzene rings is 3. The molecule has 0 spiro atoms. The van der Waals surface area contributed by atoms with Crippen molar-refractivity contribution in [2.75, 3.05) is 26.0 Å². The van der Waals surface area contributed by atoms with Crippen LogP contribution in [-0.4, -0.2) is 64.2 Å². The second-order valence-corrected chi connectivity index (χ2v) is 10.9. The van der Waals surface area contributed by atoms with Crippen LogP contribution in [0.15, 0.2) is 77.0 Å². The lowest BCUT2D eigenvalue weighted by atomic mass is 10.0. The van der Waals surface area contributed by atoms with Gasteiger partial charge >= 0.3 is 0 Å². The lowest BCUT2D eigenvalue weighted by Gasteiger charge is -2.19. The van der Waals surface area contributed by atoms with E-state index in [1.54, 1.807) is 24.4 Å². The number of nitrogens with one attached hydrogen (secondary N) is 3. The second-order valence-electron chi connectivity index (χ2n) is 9.29. The Morgan fingerprint density at radius 1 is 1.10 bits per heavy atom. The van der Waals surface area contributed by atoms with Gasteiger partial charge in [-0.15, -0.1) is 5.10 Å². The number of tetrazole rings is 1. The molecule has 10 nitrogen and oxygen atoms in total. The van der Waals surface area contributed by atoms with E-state index in [2.05, 4.69) is 41.4 Å². The van der Waals surface area contributed by atoms with Gasteiger partial charge in [0.15, 0.2) is 0 Å². The Balaban J connectivity index is 1.50. The van der Waals surface area contributed by atoms with Crippen molar-refractivity contribution in [3.05, 3.63) is 99.6 Å². The number of halogens is 1. The Bertz CT molecular complexity index is 1490. The van der Waals surface area contributed by atoms with Crippen molar-refractivity contribution < 1.29 is 9.59 Å². The Morgan fingerprint density at radius 3 is 2.67 bits per heavy atom. The molecule has 12 heteroatoms. The van der Waals surface area contributed by atoms with Crippen LogP contribution in [0.2, 0.25) is 5.02 Å². The number of amides is 2. The lowest BCUT2D eigenvalue weighted by Crippen LogP contribution is -2.21. The van der Waals surface area contributed by atoms with E-state index in [-0.39, 0.29) is 16.7 Å². The van der Waals surface area contributed by atoms with Crippen LogP contribution < -0.4 is 10.7 Å². The van der Waals surface area contributed by atoms with Crippen molar-refractivity contribution in [2.45, 2.75) is 23.8 Å². The maximum Gasteiger partial charge on any atom is 0.273 e. The van der Waals surface area contributed by atoms with Crippen LogP contribution in [0.1, 0.15) is 49.1 Å². The van der Waals surface area contributed by atoms with Crippen molar-refractivity contribution in [1.82, 2.24) is 30.9 Å². The molecule has 206 valence electrons. The molecule has 0 saturated heterocycles. The third-order valence-corrected chi connectivity index (χ3v) is 7.26. The number of anilines is 1. The monoisotopic (exact) mass is 576 g/mol. The van der Waals surface area contributed by atoms with Crippen LogP contribution in [0.4, 0.5) is 5.69 Å². The fraction of sp³-hybridized carbons (Fsp3) is 0.214. The summed E-state index contributed by atoms with van der Waals surface area (Å²) in [5.74, 6) is -0.865. The molecule has 3 N–H and O–H groups in total.